The van der Waals surface area contributed by atoms with Gasteiger partial charge in [-0.1, -0.05) is 19.8 Å². The summed E-state index contributed by atoms with van der Waals surface area (Å²) in [6, 6.07) is 0. The molecule has 0 aromatic heterocycles. The number of nitrogens with zero attached hydrogens (tertiary/aromatic N) is 2. The molecular formula is C13H26N2O3S. The van der Waals surface area contributed by atoms with Crippen molar-refractivity contribution < 1.29 is 13.2 Å². The van der Waals surface area contributed by atoms with Crippen LogP contribution in [0.15, 0.2) is 0 Å². The normalized spacial score (nSPS) is 17.7. The van der Waals surface area contributed by atoms with Crippen molar-refractivity contribution in [3.8, 4) is 0 Å². The maximum atomic E-state index is 11.9. The molecule has 0 spiro atoms. The van der Waals surface area contributed by atoms with Gasteiger partial charge in [0.05, 0.1) is 5.75 Å². The maximum absolute atomic E-state index is 11.9. The molecule has 1 fully saturated rings. The molecule has 1 saturated heterocycles. The van der Waals surface area contributed by atoms with Crippen molar-refractivity contribution in [3.63, 3.8) is 0 Å². The summed E-state index contributed by atoms with van der Waals surface area (Å²) in [5.41, 5.74) is 0. The molecule has 1 rings (SSSR count). The topological polar surface area (TPSA) is 57.7 Å². The number of rotatable bonds is 7. The van der Waals surface area contributed by atoms with E-state index in [1.54, 1.807) is 4.90 Å². The average Bonchev–Trinajstić information content (AvgIpc) is 2.36. The number of hydrogen-bond donors (Lipinski definition) is 0. The number of unbranched alkanes of at least 4 members (excludes halogenated alkanes) is 2. The average molecular weight is 290 g/mol. The molecule has 5 nitrogen and oxygen atoms in total. The molecule has 6 heteroatoms. The highest BCUT2D eigenvalue weighted by atomic mass is 32.2. The molecule has 1 aliphatic rings. The maximum Gasteiger partial charge on any atom is 0.223 e. The Bertz CT molecular complexity index is 373. The fourth-order valence-corrected chi connectivity index (χ4v) is 2.78. The van der Waals surface area contributed by atoms with Gasteiger partial charge >= 0.3 is 0 Å². The zero-order valence-corrected chi connectivity index (χ0v) is 12.9. The van der Waals surface area contributed by atoms with E-state index in [4.69, 9.17) is 0 Å². The van der Waals surface area contributed by atoms with Crippen molar-refractivity contribution >= 4 is 15.7 Å². The van der Waals surface area contributed by atoms with Crippen molar-refractivity contribution in [2.75, 3.05) is 44.7 Å². The van der Waals surface area contributed by atoms with Gasteiger partial charge < -0.3 is 4.90 Å². The lowest BCUT2D eigenvalue weighted by atomic mass is 10.2. The van der Waals surface area contributed by atoms with Gasteiger partial charge in [0.15, 0.2) is 0 Å². The van der Waals surface area contributed by atoms with Crippen molar-refractivity contribution in [1.82, 2.24) is 9.80 Å². The fourth-order valence-electron chi connectivity index (χ4n) is 2.24. The predicted octanol–water partition coefficient (Wildman–Crippen LogP) is 0.756. The summed E-state index contributed by atoms with van der Waals surface area (Å²) in [5, 5.41) is 0. The lowest BCUT2D eigenvalue weighted by Crippen LogP contribution is -2.49. The summed E-state index contributed by atoms with van der Waals surface area (Å²) in [7, 11) is -3.04. The zero-order valence-electron chi connectivity index (χ0n) is 12.1. The van der Waals surface area contributed by atoms with E-state index in [9.17, 15) is 13.2 Å². The Morgan fingerprint density at radius 1 is 1.11 bits per heavy atom. The molecule has 0 aromatic rings. The van der Waals surface area contributed by atoms with Gasteiger partial charge in [0.25, 0.3) is 0 Å². The molecular weight excluding hydrogens is 264 g/mol. The van der Waals surface area contributed by atoms with Gasteiger partial charge in [-0.05, 0) is 13.0 Å². The van der Waals surface area contributed by atoms with Crippen LogP contribution in [0.2, 0.25) is 0 Å². The minimum absolute atomic E-state index is 0.0290. The monoisotopic (exact) mass is 290 g/mol. The van der Waals surface area contributed by atoms with E-state index in [1.807, 2.05) is 0 Å². The Labute approximate surface area is 116 Å². The van der Waals surface area contributed by atoms with E-state index in [0.717, 1.165) is 32.7 Å². The van der Waals surface area contributed by atoms with Crippen LogP contribution in [-0.4, -0.2) is 68.9 Å². The highest BCUT2D eigenvalue weighted by Gasteiger charge is 2.21. The highest BCUT2D eigenvalue weighted by molar-refractivity contribution is 7.90. The molecule has 0 unspecified atom stereocenters. The van der Waals surface area contributed by atoms with Gasteiger partial charge in [-0.2, -0.15) is 0 Å². The number of piperazine rings is 1. The Morgan fingerprint density at radius 3 is 2.26 bits per heavy atom. The summed E-state index contributed by atoms with van der Waals surface area (Å²) in [5.74, 6) is -0.0682. The molecule has 112 valence electrons. The molecule has 0 atom stereocenters. The van der Waals surface area contributed by atoms with Crippen molar-refractivity contribution in [2.24, 2.45) is 0 Å². The quantitative estimate of drug-likeness (QED) is 0.649. The lowest BCUT2D eigenvalue weighted by molar-refractivity contribution is -0.132. The Balaban J connectivity index is 2.23. The molecule has 0 aliphatic carbocycles. The van der Waals surface area contributed by atoms with Gasteiger partial charge in [-0.25, -0.2) is 8.42 Å². The van der Waals surface area contributed by atoms with Crippen LogP contribution in [0.25, 0.3) is 0 Å². The first-order chi connectivity index (χ1) is 8.92. The van der Waals surface area contributed by atoms with Gasteiger partial charge in [0.1, 0.15) is 9.84 Å². The van der Waals surface area contributed by atoms with Crippen LogP contribution in [0.5, 0.6) is 0 Å². The van der Waals surface area contributed by atoms with Crippen molar-refractivity contribution in [1.29, 1.82) is 0 Å². The van der Waals surface area contributed by atoms with Crippen LogP contribution in [-0.2, 0) is 14.6 Å². The third kappa shape index (κ3) is 6.92. The first-order valence-corrected chi connectivity index (χ1v) is 9.16. The smallest absolute Gasteiger partial charge is 0.223 e. The number of carbonyl (C=O) groups is 1. The fraction of sp³-hybridized carbons (Fsp3) is 0.923. The first-order valence-electron chi connectivity index (χ1n) is 7.10. The zero-order chi connectivity index (χ0) is 14.3. The van der Waals surface area contributed by atoms with E-state index in [0.29, 0.717) is 0 Å². The van der Waals surface area contributed by atoms with Crippen molar-refractivity contribution in [2.45, 2.75) is 32.6 Å². The second kappa shape index (κ2) is 7.85. The Morgan fingerprint density at radius 2 is 1.74 bits per heavy atom. The predicted molar refractivity (Wildman–Crippen MR) is 76.9 cm³/mol. The van der Waals surface area contributed by atoms with Gasteiger partial charge in [0.2, 0.25) is 5.91 Å². The summed E-state index contributed by atoms with van der Waals surface area (Å²) in [6.07, 6.45) is 5.00. The number of sulfone groups is 1. The molecule has 1 heterocycles. The SMILES string of the molecule is CCCCCN1CCN(C(=O)CCS(C)(=O)=O)CC1. The molecule has 0 N–H and O–H groups in total. The van der Waals surface area contributed by atoms with Crippen LogP contribution in [0.3, 0.4) is 0 Å². The molecule has 1 aliphatic heterocycles. The summed E-state index contributed by atoms with van der Waals surface area (Å²) < 4.78 is 22.1. The Kier molecular flexibility index (Phi) is 6.79. The first kappa shape index (κ1) is 16.4. The second-order valence-corrected chi connectivity index (χ2v) is 7.57. The molecule has 19 heavy (non-hydrogen) atoms. The van der Waals surface area contributed by atoms with Crippen molar-refractivity contribution in [3.05, 3.63) is 0 Å². The highest BCUT2D eigenvalue weighted by Crippen LogP contribution is 2.06. The summed E-state index contributed by atoms with van der Waals surface area (Å²) in [6.45, 7) is 6.59. The van der Waals surface area contributed by atoms with Crippen LogP contribution in [0.1, 0.15) is 32.6 Å². The Hall–Kier alpha value is -0.620. The van der Waals surface area contributed by atoms with Crippen LogP contribution in [0, 0.1) is 0 Å². The second-order valence-electron chi connectivity index (χ2n) is 5.31. The van der Waals surface area contributed by atoms with E-state index >= 15 is 0 Å². The minimum Gasteiger partial charge on any atom is -0.340 e. The van der Waals surface area contributed by atoms with Gasteiger partial charge in [-0.15, -0.1) is 0 Å². The van der Waals surface area contributed by atoms with Crippen LogP contribution >= 0.6 is 0 Å². The molecule has 1 amide bonds. The van der Waals surface area contributed by atoms with E-state index in [-0.39, 0.29) is 18.1 Å². The number of hydrogen-bond acceptors (Lipinski definition) is 4. The van der Waals surface area contributed by atoms with E-state index < -0.39 is 9.84 Å². The summed E-state index contributed by atoms with van der Waals surface area (Å²) in [4.78, 5) is 16.0. The minimum atomic E-state index is -3.04. The summed E-state index contributed by atoms with van der Waals surface area (Å²) >= 11 is 0. The van der Waals surface area contributed by atoms with Gasteiger partial charge in [-0.3, -0.25) is 9.69 Å². The standard InChI is InChI=1S/C13H26N2O3S/c1-3-4-5-7-14-8-10-15(11-9-14)13(16)6-12-19(2,17)18/h3-12H2,1-2H3. The number of amides is 1. The van der Waals surface area contributed by atoms with E-state index in [1.165, 1.54) is 25.5 Å². The molecule has 0 saturated carbocycles. The van der Waals surface area contributed by atoms with Crippen LogP contribution < -0.4 is 0 Å². The molecule has 0 bridgehead atoms. The molecule has 0 radical (unpaired) electrons. The van der Waals surface area contributed by atoms with Gasteiger partial charge in [0, 0.05) is 38.9 Å². The number of carbonyl (C=O) groups excluding carboxylic acids is 1. The lowest BCUT2D eigenvalue weighted by Gasteiger charge is -2.34. The third-order valence-corrected chi connectivity index (χ3v) is 4.44. The largest absolute Gasteiger partial charge is 0.340 e. The van der Waals surface area contributed by atoms with E-state index in [2.05, 4.69) is 11.8 Å². The van der Waals surface area contributed by atoms with Crippen LogP contribution in [0.4, 0.5) is 0 Å². The third-order valence-electron chi connectivity index (χ3n) is 3.49. The molecule has 0 aromatic carbocycles.